The molecule has 0 spiro atoms. The van der Waals surface area contributed by atoms with Crippen LogP contribution in [0, 0.1) is 0 Å². The van der Waals surface area contributed by atoms with Gasteiger partial charge in [0, 0.05) is 34.0 Å². The van der Waals surface area contributed by atoms with Gasteiger partial charge in [0.2, 0.25) is 0 Å². The molecule has 0 heterocycles. The molecule has 0 fully saturated rings. The van der Waals surface area contributed by atoms with Crippen LogP contribution in [0.3, 0.4) is 0 Å². The summed E-state index contributed by atoms with van der Waals surface area (Å²) in [6, 6.07) is 82.5. The van der Waals surface area contributed by atoms with Gasteiger partial charge in [0.1, 0.15) is 0 Å². The molecule has 0 radical (unpaired) electrons. The minimum Gasteiger partial charge on any atom is -0.311 e. The van der Waals surface area contributed by atoms with E-state index in [9.17, 15) is 0 Å². The van der Waals surface area contributed by atoms with Crippen molar-refractivity contribution in [2.45, 2.75) is 0 Å². The average molecular weight is 691 g/mol. The largest absolute Gasteiger partial charge is 0.311 e. The van der Waals surface area contributed by atoms with Crippen molar-refractivity contribution in [3.05, 3.63) is 231 Å². The van der Waals surface area contributed by atoms with Crippen LogP contribution in [0.15, 0.2) is 231 Å². The summed E-state index contributed by atoms with van der Waals surface area (Å²) in [6.07, 6.45) is 0. The molecule has 0 bridgehead atoms. The van der Waals surface area contributed by atoms with Crippen LogP contribution in [-0.4, -0.2) is 0 Å². The van der Waals surface area contributed by atoms with E-state index in [-0.39, 0.29) is 0 Å². The first-order valence-corrected chi connectivity index (χ1v) is 18.4. The Bertz CT molecular complexity index is 2600. The first-order valence-electron chi connectivity index (χ1n) is 18.4. The third-order valence-corrected chi connectivity index (χ3v) is 10.0. The summed E-state index contributed by atoms with van der Waals surface area (Å²) in [6.45, 7) is 0. The molecule has 0 unspecified atom stereocenters. The summed E-state index contributed by atoms with van der Waals surface area (Å²) in [5.74, 6) is 0. The lowest BCUT2D eigenvalue weighted by Crippen LogP contribution is -2.11. The molecule has 54 heavy (non-hydrogen) atoms. The monoisotopic (exact) mass is 690 g/mol. The highest BCUT2D eigenvalue weighted by Gasteiger charge is 2.20. The number of fused-ring (bicyclic) bond motifs is 1. The Hall–Kier alpha value is -7.16. The van der Waals surface area contributed by atoms with E-state index < -0.39 is 0 Å². The number of nitrogens with zero attached hydrogens (tertiary/aromatic N) is 2. The smallest absolute Gasteiger partial charge is 0.0546 e. The average Bonchev–Trinajstić information content (AvgIpc) is 3.26. The second kappa shape index (κ2) is 14.8. The molecule has 0 N–H and O–H groups in total. The van der Waals surface area contributed by atoms with Crippen molar-refractivity contribution < 1.29 is 0 Å². The summed E-state index contributed by atoms with van der Waals surface area (Å²) >= 11 is 0. The van der Waals surface area contributed by atoms with Crippen LogP contribution in [-0.2, 0) is 0 Å². The van der Waals surface area contributed by atoms with E-state index in [1.165, 1.54) is 33.0 Å². The van der Waals surface area contributed by atoms with Crippen molar-refractivity contribution in [1.82, 2.24) is 0 Å². The van der Waals surface area contributed by atoms with Crippen LogP contribution < -0.4 is 9.80 Å². The van der Waals surface area contributed by atoms with Gasteiger partial charge in [0.25, 0.3) is 0 Å². The summed E-state index contributed by atoms with van der Waals surface area (Å²) in [7, 11) is 0. The fourth-order valence-electron chi connectivity index (χ4n) is 7.33. The van der Waals surface area contributed by atoms with Crippen molar-refractivity contribution in [1.29, 1.82) is 0 Å². The van der Waals surface area contributed by atoms with Crippen LogP contribution in [0.2, 0.25) is 0 Å². The van der Waals surface area contributed by atoms with Gasteiger partial charge in [-0.2, -0.15) is 0 Å². The summed E-state index contributed by atoms with van der Waals surface area (Å²) < 4.78 is 0. The standard InChI is InChI=1S/C52H38N2/c1-5-15-39(16-6-1)41-25-31-48(32-26-41)53(46-21-9-3-10-22-46)49-35-29-43(30-36-49)51-37-44-19-13-14-20-45(44)38-52(51)54(47-23-11-4-12-24-47)50-33-27-42(28-34-50)40-17-7-2-8-18-40/h1-38H. The third kappa shape index (κ3) is 6.65. The fourth-order valence-corrected chi connectivity index (χ4v) is 7.33. The topological polar surface area (TPSA) is 6.48 Å². The molecule has 256 valence electrons. The van der Waals surface area contributed by atoms with Gasteiger partial charge in [0.05, 0.1) is 5.69 Å². The van der Waals surface area contributed by atoms with E-state index >= 15 is 0 Å². The van der Waals surface area contributed by atoms with Crippen LogP contribution in [0.5, 0.6) is 0 Å². The van der Waals surface area contributed by atoms with Crippen LogP contribution in [0.25, 0.3) is 44.2 Å². The summed E-state index contributed by atoms with van der Waals surface area (Å²) in [5, 5.41) is 2.40. The summed E-state index contributed by atoms with van der Waals surface area (Å²) in [5.41, 5.74) is 13.8. The van der Waals surface area contributed by atoms with Gasteiger partial charge in [0.15, 0.2) is 0 Å². The minimum absolute atomic E-state index is 1.09. The predicted molar refractivity (Wildman–Crippen MR) is 230 cm³/mol. The Morgan fingerprint density at radius 3 is 1.00 bits per heavy atom. The first-order chi connectivity index (χ1) is 26.8. The lowest BCUT2D eigenvalue weighted by atomic mass is 9.96. The third-order valence-electron chi connectivity index (χ3n) is 10.0. The lowest BCUT2D eigenvalue weighted by Gasteiger charge is -2.29. The Kier molecular flexibility index (Phi) is 8.99. The second-order valence-electron chi connectivity index (χ2n) is 13.4. The molecule has 9 aromatic rings. The highest BCUT2D eigenvalue weighted by molar-refractivity contribution is 5.98. The van der Waals surface area contributed by atoms with Gasteiger partial charge in [-0.1, -0.05) is 158 Å². The molecule has 0 aliphatic heterocycles. The lowest BCUT2D eigenvalue weighted by molar-refractivity contribution is 1.28. The van der Waals surface area contributed by atoms with Gasteiger partial charge in [-0.05, 0) is 111 Å². The van der Waals surface area contributed by atoms with E-state index in [2.05, 4.69) is 240 Å². The zero-order chi connectivity index (χ0) is 36.1. The number of hydrogen-bond donors (Lipinski definition) is 0. The predicted octanol–water partition coefficient (Wildman–Crippen LogP) is 14.8. The summed E-state index contributed by atoms with van der Waals surface area (Å²) in [4.78, 5) is 4.71. The quantitative estimate of drug-likeness (QED) is 0.149. The van der Waals surface area contributed by atoms with Crippen molar-refractivity contribution in [3.8, 4) is 33.4 Å². The van der Waals surface area contributed by atoms with Gasteiger partial charge < -0.3 is 9.80 Å². The molecule has 0 amide bonds. The van der Waals surface area contributed by atoms with E-state index in [4.69, 9.17) is 0 Å². The van der Waals surface area contributed by atoms with Crippen molar-refractivity contribution >= 4 is 44.9 Å². The number of anilines is 6. The molecular weight excluding hydrogens is 653 g/mol. The second-order valence-corrected chi connectivity index (χ2v) is 13.4. The van der Waals surface area contributed by atoms with E-state index in [0.717, 1.165) is 45.3 Å². The van der Waals surface area contributed by atoms with Crippen LogP contribution >= 0.6 is 0 Å². The molecule has 2 nitrogen and oxygen atoms in total. The Labute approximate surface area is 317 Å². The number of para-hydroxylation sites is 2. The molecule has 0 aromatic heterocycles. The van der Waals surface area contributed by atoms with Crippen molar-refractivity contribution in [3.63, 3.8) is 0 Å². The molecule has 9 rings (SSSR count). The van der Waals surface area contributed by atoms with E-state index in [1.807, 2.05) is 0 Å². The molecule has 0 aliphatic rings. The number of benzene rings is 9. The van der Waals surface area contributed by atoms with Crippen molar-refractivity contribution in [2.75, 3.05) is 9.80 Å². The van der Waals surface area contributed by atoms with Crippen LogP contribution in [0.4, 0.5) is 34.1 Å². The molecule has 2 heteroatoms. The van der Waals surface area contributed by atoms with Gasteiger partial charge in [-0.25, -0.2) is 0 Å². The highest BCUT2D eigenvalue weighted by atomic mass is 15.1. The molecule has 9 aromatic carbocycles. The SMILES string of the molecule is c1ccc(-c2ccc(N(c3ccccc3)c3ccc(-c4cc5ccccc5cc4N(c4ccccc4)c4ccc(-c5ccccc5)cc4)cc3)cc2)cc1. The number of hydrogen-bond acceptors (Lipinski definition) is 2. The number of rotatable bonds is 9. The van der Waals surface area contributed by atoms with Gasteiger partial charge >= 0.3 is 0 Å². The van der Waals surface area contributed by atoms with Gasteiger partial charge in [-0.15, -0.1) is 0 Å². The Morgan fingerprint density at radius 2 is 0.537 bits per heavy atom. The van der Waals surface area contributed by atoms with E-state index in [1.54, 1.807) is 0 Å². The fraction of sp³-hybridized carbons (Fsp3) is 0. The molecule has 0 saturated carbocycles. The minimum atomic E-state index is 1.09. The zero-order valence-electron chi connectivity index (χ0n) is 29.8. The zero-order valence-corrected chi connectivity index (χ0v) is 29.8. The molecular formula is C52H38N2. The normalized spacial score (nSPS) is 11.0. The maximum absolute atomic E-state index is 2.38. The highest BCUT2D eigenvalue weighted by Crippen LogP contribution is 2.44. The Morgan fingerprint density at radius 1 is 0.222 bits per heavy atom. The molecule has 0 atom stereocenters. The maximum Gasteiger partial charge on any atom is 0.0546 e. The van der Waals surface area contributed by atoms with Crippen LogP contribution in [0.1, 0.15) is 0 Å². The first kappa shape index (κ1) is 32.7. The maximum atomic E-state index is 2.38. The Balaban J connectivity index is 1.15. The molecule has 0 aliphatic carbocycles. The van der Waals surface area contributed by atoms with E-state index in [0.29, 0.717) is 0 Å². The van der Waals surface area contributed by atoms with Gasteiger partial charge in [-0.3, -0.25) is 0 Å². The molecule has 0 saturated heterocycles. The van der Waals surface area contributed by atoms with Crippen molar-refractivity contribution in [2.24, 2.45) is 0 Å².